The monoisotopic (exact) mass is 259 g/mol. The standard InChI is InChI=1S/C15H18FN3/c1-17-10-9-13-7-8-14(18-2)15(19-13)11-3-5-12(16)6-4-11/h3-8,17-18H,9-10H2,1-2H3. The number of nitrogens with one attached hydrogen (secondary N) is 2. The van der Waals surface area contributed by atoms with E-state index >= 15 is 0 Å². The van der Waals surface area contributed by atoms with Crippen LogP contribution in [0.2, 0.25) is 0 Å². The molecule has 2 rings (SSSR count). The van der Waals surface area contributed by atoms with Crippen molar-refractivity contribution in [3.8, 4) is 11.3 Å². The van der Waals surface area contributed by atoms with Crippen LogP contribution in [0.25, 0.3) is 11.3 Å². The predicted molar refractivity (Wildman–Crippen MR) is 76.8 cm³/mol. The molecular formula is C15H18FN3. The molecule has 0 aliphatic heterocycles. The van der Waals surface area contributed by atoms with Crippen molar-refractivity contribution in [1.29, 1.82) is 0 Å². The van der Waals surface area contributed by atoms with Gasteiger partial charge in [-0.3, -0.25) is 4.98 Å². The topological polar surface area (TPSA) is 37.0 Å². The lowest BCUT2D eigenvalue weighted by Crippen LogP contribution is -2.11. The van der Waals surface area contributed by atoms with Gasteiger partial charge in [0.15, 0.2) is 0 Å². The molecule has 3 nitrogen and oxygen atoms in total. The van der Waals surface area contributed by atoms with Crippen molar-refractivity contribution < 1.29 is 4.39 Å². The highest BCUT2D eigenvalue weighted by Gasteiger charge is 2.07. The van der Waals surface area contributed by atoms with Crippen LogP contribution in [0.1, 0.15) is 5.69 Å². The van der Waals surface area contributed by atoms with Gasteiger partial charge in [0.1, 0.15) is 5.82 Å². The molecule has 2 N–H and O–H groups in total. The van der Waals surface area contributed by atoms with Crippen molar-refractivity contribution in [3.63, 3.8) is 0 Å². The highest BCUT2D eigenvalue weighted by Crippen LogP contribution is 2.26. The lowest BCUT2D eigenvalue weighted by atomic mass is 10.1. The van der Waals surface area contributed by atoms with Crippen LogP contribution in [0, 0.1) is 5.82 Å². The summed E-state index contributed by atoms with van der Waals surface area (Å²) < 4.78 is 13.0. The Morgan fingerprint density at radius 3 is 2.42 bits per heavy atom. The van der Waals surface area contributed by atoms with Crippen molar-refractivity contribution in [2.45, 2.75) is 6.42 Å². The molecule has 0 saturated heterocycles. The zero-order valence-electron chi connectivity index (χ0n) is 11.2. The molecule has 0 amide bonds. The molecule has 4 heteroatoms. The van der Waals surface area contributed by atoms with Gasteiger partial charge in [0.05, 0.1) is 11.4 Å². The molecule has 0 unspecified atom stereocenters. The summed E-state index contributed by atoms with van der Waals surface area (Å²) in [6.07, 6.45) is 0.870. The smallest absolute Gasteiger partial charge is 0.123 e. The summed E-state index contributed by atoms with van der Waals surface area (Å²) in [7, 11) is 3.78. The Balaban J connectivity index is 2.38. The highest BCUT2D eigenvalue weighted by molar-refractivity contribution is 5.74. The van der Waals surface area contributed by atoms with E-state index < -0.39 is 0 Å². The zero-order chi connectivity index (χ0) is 13.7. The Morgan fingerprint density at radius 2 is 1.79 bits per heavy atom. The van der Waals surface area contributed by atoms with Crippen molar-refractivity contribution in [1.82, 2.24) is 10.3 Å². The minimum Gasteiger partial charge on any atom is -0.386 e. The zero-order valence-corrected chi connectivity index (χ0v) is 11.2. The van der Waals surface area contributed by atoms with Crippen LogP contribution in [0.5, 0.6) is 0 Å². The summed E-state index contributed by atoms with van der Waals surface area (Å²) in [5.41, 5.74) is 3.74. The Hall–Kier alpha value is -1.94. The summed E-state index contributed by atoms with van der Waals surface area (Å²) in [5, 5.41) is 6.23. The number of hydrogen-bond donors (Lipinski definition) is 2. The van der Waals surface area contributed by atoms with Gasteiger partial charge in [-0.05, 0) is 43.4 Å². The third kappa shape index (κ3) is 3.29. The number of pyridine rings is 1. The fourth-order valence-electron chi connectivity index (χ4n) is 1.92. The lowest BCUT2D eigenvalue weighted by Gasteiger charge is -2.11. The summed E-state index contributed by atoms with van der Waals surface area (Å²) >= 11 is 0. The van der Waals surface area contributed by atoms with E-state index in [4.69, 9.17) is 0 Å². The van der Waals surface area contributed by atoms with E-state index in [-0.39, 0.29) is 5.82 Å². The molecule has 1 aromatic heterocycles. The molecule has 19 heavy (non-hydrogen) atoms. The number of benzene rings is 1. The van der Waals surface area contributed by atoms with Crippen LogP contribution in [0.3, 0.4) is 0 Å². The number of rotatable bonds is 5. The van der Waals surface area contributed by atoms with Gasteiger partial charge in [0, 0.05) is 31.3 Å². The van der Waals surface area contributed by atoms with Gasteiger partial charge in [-0.2, -0.15) is 0 Å². The van der Waals surface area contributed by atoms with Crippen molar-refractivity contribution >= 4 is 5.69 Å². The van der Waals surface area contributed by atoms with Crippen molar-refractivity contribution in [2.75, 3.05) is 26.0 Å². The Bertz CT molecular complexity index is 538. The van der Waals surface area contributed by atoms with Gasteiger partial charge in [0.25, 0.3) is 0 Å². The normalized spacial score (nSPS) is 10.5. The Labute approximate surface area is 112 Å². The second kappa shape index (κ2) is 6.29. The molecule has 0 saturated carbocycles. The largest absolute Gasteiger partial charge is 0.386 e. The number of hydrogen-bond acceptors (Lipinski definition) is 3. The van der Waals surface area contributed by atoms with Crippen LogP contribution in [0.15, 0.2) is 36.4 Å². The summed E-state index contributed by atoms with van der Waals surface area (Å²) in [4.78, 5) is 4.66. The molecule has 100 valence electrons. The molecule has 0 spiro atoms. The Kier molecular flexibility index (Phi) is 4.47. The maximum Gasteiger partial charge on any atom is 0.123 e. The van der Waals surface area contributed by atoms with Crippen LogP contribution < -0.4 is 10.6 Å². The number of aromatic nitrogens is 1. The Morgan fingerprint density at radius 1 is 1.05 bits per heavy atom. The van der Waals surface area contributed by atoms with Crippen LogP contribution in [-0.4, -0.2) is 25.6 Å². The molecule has 0 fully saturated rings. The van der Waals surface area contributed by atoms with Gasteiger partial charge in [-0.25, -0.2) is 4.39 Å². The first-order chi connectivity index (χ1) is 9.24. The molecule has 0 aliphatic carbocycles. The van der Waals surface area contributed by atoms with E-state index in [1.807, 2.05) is 26.2 Å². The molecule has 0 aliphatic rings. The first-order valence-corrected chi connectivity index (χ1v) is 6.33. The molecule has 2 aromatic rings. The van der Waals surface area contributed by atoms with Crippen LogP contribution >= 0.6 is 0 Å². The van der Waals surface area contributed by atoms with Crippen molar-refractivity contribution in [2.24, 2.45) is 0 Å². The van der Waals surface area contributed by atoms with E-state index in [0.29, 0.717) is 0 Å². The highest BCUT2D eigenvalue weighted by atomic mass is 19.1. The second-order valence-corrected chi connectivity index (χ2v) is 4.31. The average molecular weight is 259 g/mol. The number of halogens is 1. The maximum absolute atomic E-state index is 13.0. The quantitative estimate of drug-likeness (QED) is 0.867. The van der Waals surface area contributed by atoms with E-state index in [9.17, 15) is 4.39 Å². The van der Waals surface area contributed by atoms with E-state index in [1.165, 1.54) is 12.1 Å². The number of nitrogens with zero attached hydrogens (tertiary/aromatic N) is 1. The molecule has 1 heterocycles. The van der Waals surface area contributed by atoms with E-state index in [2.05, 4.69) is 15.6 Å². The molecular weight excluding hydrogens is 241 g/mol. The molecule has 0 bridgehead atoms. The number of likely N-dealkylation sites (N-methyl/N-ethyl adjacent to an activating group) is 1. The number of anilines is 1. The first kappa shape index (κ1) is 13.5. The van der Waals surface area contributed by atoms with Gasteiger partial charge in [-0.15, -0.1) is 0 Å². The van der Waals surface area contributed by atoms with Crippen LogP contribution in [0.4, 0.5) is 10.1 Å². The lowest BCUT2D eigenvalue weighted by molar-refractivity contribution is 0.628. The molecule has 1 aromatic carbocycles. The van der Waals surface area contributed by atoms with Gasteiger partial charge in [-0.1, -0.05) is 0 Å². The third-order valence-corrected chi connectivity index (χ3v) is 2.97. The fourth-order valence-corrected chi connectivity index (χ4v) is 1.92. The minimum absolute atomic E-state index is 0.235. The third-order valence-electron chi connectivity index (χ3n) is 2.97. The van der Waals surface area contributed by atoms with Crippen LogP contribution in [-0.2, 0) is 6.42 Å². The van der Waals surface area contributed by atoms with Gasteiger partial charge in [0.2, 0.25) is 0 Å². The summed E-state index contributed by atoms with van der Waals surface area (Å²) in [6.45, 7) is 0.884. The van der Waals surface area contributed by atoms with Crippen molar-refractivity contribution in [3.05, 3.63) is 47.9 Å². The van der Waals surface area contributed by atoms with Gasteiger partial charge >= 0.3 is 0 Å². The average Bonchev–Trinajstić information content (AvgIpc) is 2.45. The first-order valence-electron chi connectivity index (χ1n) is 6.33. The summed E-state index contributed by atoms with van der Waals surface area (Å²) in [5.74, 6) is -0.235. The maximum atomic E-state index is 13.0. The molecule has 0 atom stereocenters. The summed E-state index contributed by atoms with van der Waals surface area (Å²) in [6, 6.07) is 10.4. The van der Waals surface area contributed by atoms with E-state index in [0.717, 1.165) is 35.6 Å². The molecule has 0 radical (unpaired) electrons. The second-order valence-electron chi connectivity index (χ2n) is 4.31. The minimum atomic E-state index is -0.235. The fraction of sp³-hybridized carbons (Fsp3) is 0.267. The van der Waals surface area contributed by atoms with E-state index in [1.54, 1.807) is 12.1 Å². The predicted octanol–water partition coefficient (Wildman–Crippen LogP) is 2.69. The SMILES string of the molecule is CNCCc1ccc(NC)c(-c2ccc(F)cc2)n1. The van der Waals surface area contributed by atoms with Gasteiger partial charge < -0.3 is 10.6 Å².